The second-order valence-corrected chi connectivity index (χ2v) is 6.77. The SMILES string of the molecule is CC(OC(=O)/C=C/c1ccc(C(C)C)cc1)C(=O)Nc1ccccc1C(F)(F)F. The van der Waals surface area contributed by atoms with Gasteiger partial charge < -0.3 is 10.1 Å². The van der Waals surface area contributed by atoms with Crippen LogP contribution in [-0.4, -0.2) is 18.0 Å². The molecule has 2 rings (SSSR count). The number of carbonyl (C=O) groups is 2. The van der Waals surface area contributed by atoms with Crippen LogP contribution < -0.4 is 5.32 Å². The largest absolute Gasteiger partial charge is 0.449 e. The highest BCUT2D eigenvalue weighted by Crippen LogP contribution is 2.34. The van der Waals surface area contributed by atoms with Gasteiger partial charge >= 0.3 is 12.1 Å². The number of esters is 1. The number of rotatable bonds is 6. The number of anilines is 1. The molecule has 4 nitrogen and oxygen atoms in total. The molecule has 0 radical (unpaired) electrons. The maximum atomic E-state index is 13.0. The van der Waals surface area contributed by atoms with Gasteiger partial charge in [0.25, 0.3) is 5.91 Å². The lowest BCUT2D eigenvalue weighted by atomic mass is 10.0. The molecule has 0 aliphatic heterocycles. The molecule has 2 aromatic carbocycles. The Hall–Kier alpha value is -3.09. The molecule has 1 unspecified atom stereocenters. The summed E-state index contributed by atoms with van der Waals surface area (Å²) in [6, 6.07) is 12.2. The van der Waals surface area contributed by atoms with Crippen LogP contribution in [0.3, 0.4) is 0 Å². The molecule has 0 fully saturated rings. The third-order valence-electron chi connectivity index (χ3n) is 4.17. The first-order valence-corrected chi connectivity index (χ1v) is 9.03. The predicted molar refractivity (Wildman–Crippen MR) is 105 cm³/mol. The van der Waals surface area contributed by atoms with Crippen LogP contribution in [0.5, 0.6) is 0 Å². The Bertz CT molecular complexity index is 887. The molecular formula is C22H22F3NO3. The minimum Gasteiger partial charge on any atom is -0.449 e. The zero-order valence-corrected chi connectivity index (χ0v) is 16.3. The van der Waals surface area contributed by atoms with Gasteiger partial charge in [0.2, 0.25) is 0 Å². The fourth-order valence-electron chi connectivity index (χ4n) is 2.50. The highest BCUT2D eigenvalue weighted by molar-refractivity contribution is 5.97. The fraction of sp³-hybridized carbons (Fsp3) is 0.273. The number of alkyl halides is 3. The third-order valence-corrected chi connectivity index (χ3v) is 4.17. The number of amides is 1. The van der Waals surface area contributed by atoms with E-state index in [2.05, 4.69) is 19.2 Å². The van der Waals surface area contributed by atoms with Gasteiger partial charge in [0.1, 0.15) is 0 Å². The topological polar surface area (TPSA) is 55.4 Å². The van der Waals surface area contributed by atoms with Gasteiger partial charge in [-0.05, 0) is 42.2 Å². The zero-order chi connectivity index (χ0) is 21.6. The van der Waals surface area contributed by atoms with Gasteiger partial charge in [0, 0.05) is 6.08 Å². The third kappa shape index (κ3) is 6.48. The molecule has 0 aliphatic carbocycles. The minimum absolute atomic E-state index is 0.389. The number of hydrogen-bond donors (Lipinski definition) is 1. The van der Waals surface area contributed by atoms with E-state index in [0.717, 1.165) is 29.3 Å². The maximum Gasteiger partial charge on any atom is 0.418 e. The van der Waals surface area contributed by atoms with E-state index in [-0.39, 0.29) is 0 Å². The first kappa shape index (κ1) is 22.2. The molecule has 0 spiro atoms. The van der Waals surface area contributed by atoms with Gasteiger partial charge in [-0.25, -0.2) is 4.79 Å². The van der Waals surface area contributed by atoms with E-state index in [4.69, 9.17) is 4.74 Å². The summed E-state index contributed by atoms with van der Waals surface area (Å²) in [6.07, 6.45) is -3.18. The second kappa shape index (κ2) is 9.41. The van der Waals surface area contributed by atoms with Crippen molar-refractivity contribution < 1.29 is 27.5 Å². The van der Waals surface area contributed by atoms with Crippen LogP contribution >= 0.6 is 0 Å². The summed E-state index contributed by atoms with van der Waals surface area (Å²) in [6.45, 7) is 5.43. The van der Waals surface area contributed by atoms with E-state index in [0.29, 0.717) is 5.92 Å². The molecule has 1 N–H and O–H groups in total. The van der Waals surface area contributed by atoms with Crippen molar-refractivity contribution >= 4 is 23.6 Å². The normalized spacial score (nSPS) is 12.8. The summed E-state index contributed by atoms with van der Waals surface area (Å²) < 4.78 is 44.0. The fourth-order valence-corrected chi connectivity index (χ4v) is 2.50. The van der Waals surface area contributed by atoms with Crippen LogP contribution in [0.25, 0.3) is 6.08 Å². The van der Waals surface area contributed by atoms with E-state index in [1.807, 2.05) is 24.3 Å². The lowest BCUT2D eigenvalue weighted by Crippen LogP contribution is -2.30. The van der Waals surface area contributed by atoms with Gasteiger partial charge in [-0.3, -0.25) is 4.79 Å². The van der Waals surface area contributed by atoms with Crippen LogP contribution in [0.2, 0.25) is 0 Å². The van der Waals surface area contributed by atoms with Gasteiger partial charge in [-0.2, -0.15) is 13.2 Å². The Balaban J connectivity index is 1.96. The molecule has 2 aromatic rings. The van der Waals surface area contributed by atoms with E-state index in [1.54, 1.807) is 0 Å². The van der Waals surface area contributed by atoms with Crippen molar-refractivity contribution in [1.29, 1.82) is 0 Å². The zero-order valence-electron chi connectivity index (χ0n) is 16.3. The highest BCUT2D eigenvalue weighted by Gasteiger charge is 2.34. The van der Waals surface area contributed by atoms with E-state index >= 15 is 0 Å². The van der Waals surface area contributed by atoms with Crippen LogP contribution in [0, 0.1) is 0 Å². The van der Waals surface area contributed by atoms with E-state index < -0.39 is 35.4 Å². The summed E-state index contributed by atoms with van der Waals surface area (Å²) in [5.41, 5.74) is 0.571. The van der Waals surface area contributed by atoms with E-state index in [1.165, 1.54) is 25.1 Å². The molecule has 0 aromatic heterocycles. The summed E-state index contributed by atoms with van der Waals surface area (Å²) in [7, 11) is 0. The van der Waals surface area contributed by atoms with Gasteiger partial charge in [-0.15, -0.1) is 0 Å². The Labute approximate surface area is 167 Å². The monoisotopic (exact) mass is 405 g/mol. The molecule has 154 valence electrons. The molecule has 0 heterocycles. The Morgan fingerprint density at radius 2 is 1.62 bits per heavy atom. The van der Waals surface area contributed by atoms with Crippen LogP contribution in [-0.2, 0) is 20.5 Å². The van der Waals surface area contributed by atoms with Crippen LogP contribution in [0.15, 0.2) is 54.6 Å². The molecular weight excluding hydrogens is 383 g/mol. The van der Waals surface area contributed by atoms with Crippen LogP contribution in [0.4, 0.5) is 18.9 Å². The molecule has 7 heteroatoms. The van der Waals surface area contributed by atoms with Crippen LogP contribution in [0.1, 0.15) is 43.4 Å². The maximum absolute atomic E-state index is 13.0. The molecule has 1 amide bonds. The Morgan fingerprint density at radius 1 is 1.00 bits per heavy atom. The average Bonchev–Trinajstić information content (AvgIpc) is 2.66. The molecule has 0 saturated heterocycles. The first-order chi connectivity index (χ1) is 13.6. The number of ether oxygens (including phenoxy) is 1. The van der Waals surface area contributed by atoms with E-state index in [9.17, 15) is 22.8 Å². The number of nitrogens with one attached hydrogen (secondary N) is 1. The predicted octanol–water partition coefficient (Wildman–Crippen LogP) is 5.41. The lowest BCUT2D eigenvalue weighted by Gasteiger charge is -2.16. The summed E-state index contributed by atoms with van der Waals surface area (Å²) in [5.74, 6) is -1.24. The average molecular weight is 405 g/mol. The van der Waals surface area contributed by atoms with Crippen molar-refractivity contribution in [1.82, 2.24) is 0 Å². The summed E-state index contributed by atoms with van der Waals surface area (Å²) >= 11 is 0. The molecule has 29 heavy (non-hydrogen) atoms. The second-order valence-electron chi connectivity index (χ2n) is 6.77. The molecule has 0 saturated carbocycles. The Morgan fingerprint density at radius 3 is 2.21 bits per heavy atom. The number of hydrogen-bond acceptors (Lipinski definition) is 3. The lowest BCUT2D eigenvalue weighted by molar-refractivity contribution is -0.148. The molecule has 1 atom stereocenters. The number of benzene rings is 2. The Kier molecular flexibility index (Phi) is 7.20. The van der Waals surface area contributed by atoms with Gasteiger partial charge in [-0.1, -0.05) is 50.2 Å². The molecule has 0 bridgehead atoms. The quantitative estimate of drug-likeness (QED) is 0.516. The number of carbonyl (C=O) groups excluding carboxylic acids is 2. The first-order valence-electron chi connectivity index (χ1n) is 9.03. The summed E-state index contributed by atoms with van der Waals surface area (Å²) in [5, 5.41) is 2.15. The smallest absolute Gasteiger partial charge is 0.418 e. The highest BCUT2D eigenvalue weighted by atomic mass is 19.4. The molecule has 0 aliphatic rings. The van der Waals surface area contributed by atoms with Crippen molar-refractivity contribution in [3.05, 3.63) is 71.3 Å². The van der Waals surface area contributed by atoms with Crippen molar-refractivity contribution in [2.24, 2.45) is 0 Å². The standard InChI is InChI=1S/C22H22F3NO3/c1-14(2)17-11-8-16(9-12-17)10-13-20(27)29-15(3)21(28)26-19-7-5-4-6-18(19)22(23,24)25/h4-15H,1-3H3,(H,26,28)/b13-10+. The number of para-hydroxylation sites is 1. The van der Waals surface area contributed by atoms with Gasteiger partial charge in [0.05, 0.1) is 11.3 Å². The van der Waals surface area contributed by atoms with Crippen molar-refractivity contribution in [2.75, 3.05) is 5.32 Å². The van der Waals surface area contributed by atoms with Crippen molar-refractivity contribution in [3.63, 3.8) is 0 Å². The number of halogens is 3. The minimum atomic E-state index is -4.61. The van der Waals surface area contributed by atoms with Crippen molar-refractivity contribution in [3.8, 4) is 0 Å². The van der Waals surface area contributed by atoms with Gasteiger partial charge in [0.15, 0.2) is 6.10 Å². The summed E-state index contributed by atoms with van der Waals surface area (Å²) in [4.78, 5) is 24.0. The van der Waals surface area contributed by atoms with Crippen molar-refractivity contribution in [2.45, 2.75) is 39.0 Å².